The predicted octanol–water partition coefficient (Wildman–Crippen LogP) is 5.50. The molecule has 0 aliphatic carbocycles. The largest absolute Gasteiger partial charge is 0.439 e. The minimum Gasteiger partial charge on any atom is -0.439 e. The topological polar surface area (TPSA) is 59.8 Å². The van der Waals surface area contributed by atoms with Crippen LogP contribution in [0.1, 0.15) is 39.0 Å². The van der Waals surface area contributed by atoms with E-state index in [9.17, 15) is 13.9 Å². The van der Waals surface area contributed by atoms with Crippen molar-refractivity contribution in [2.45, 2.75) is 53.3 Å². The summed E-state index contributed by atoms with van der Waals surface area (Å²) in [5.74, 6) is 0.597. The molecule has 0 saturated heterocycles. The Labute approximate surface area is 206 Å². The van der Waals surface area contributed by atoms with E-state index in [2.05, 4.69) is 37.7 Å². The van der Waals surface area contributed by atoms with Crippen molar-refractivity contribution in [3.63, 3.8) is 0 Å². The summed E-state index contributed by atoms with van der Waals surface area (Å²) in [5, 5.41) is 15.2. The maximum Gasteiger partial charge on any atom is 0.227 e. The van der Waals surface area contributed by atoms with Crippen molar-refractivity contribution in [2.24, 2.45) is 5.92 Å². The second-order valence-corrected chi connectivity index (χ2v) is 9.42. The molecule has 8 heteroatoms. The molecule has 1 atom stereocenters. The lowest BCUT2D eigenvalue weighted by Crippen LogP contribution is -2.39. The summed E-state index contributed by atoms with van der Waals surface area (Å²) in [5.41, 5.74) is 2.20. The van der Waals surface area contributed by atoms with Gasteiger partial charge in [0.15, 0.2) is 0 Å². The molecule has 2 aromatic carbocycles. The highest BCUT2D eigenvalue weighted by Gasteiger charge is 2.24. The van der Waals surface area contributed by atoms with Crippen molar-refractivity contribution in [2.75, 3.05) is 19.8 Å². The van der Waals surface area contributed by atoms with Gasteiger partial charge in [-0.05, 0) is 75.2 Å². The summed E-state index contributed by atoms with van der Waals surface area (Å²) < 4.78 is 40.4. The average Bonchev–Trinajstić information content (AvgIpc) is 3.10. The predicted molar refractivity (Wildman–Crippen MR) is 132 cm³/mol. The number of halogens is 2. The SMILES string of the molecule is Cc1nn(-c2ccc(F)cc2)c(Oc2ccc(F)cc2)c1CN(CC(O)COCC(C)C)C(C)C. The van der Waals surface area contributed by atoms with Crippen LogP contribution in [0, 0.1) is 24.5 Å². The number of aryl methyl sites for hydroxylation is 1. The molecule has 0 spiro atoms. The van der Waals surface area contributed by atoms with Gasteiger partial charge in [-0.25, -0.2) is 13.5 Å². The van der Waals surface area contributed by atoms with Gasteiger partial charge in [-0.2, -0.15) is 5.10 Å². The Balaban J connectivity index is 1.91. The Morgan fingerprint density at radius 1 is 0.943 bits per heavy atom. The Morgan fingerprint density at radius 2 is 1.54 bits per heavy atom. The molecule has 1 unspecified atom stereocenters. The molecule has 0 amide bonds. The molecule has 0 radical (unpaired) electrons. The molecule has 1 heterocycles. The maximum absolute atomic E-state index is 13.6. The first-order chi connectivity index (χ1) is 16.6. The lowest BCUT2D eigenvalue weighted by molar-refractivity contribution is 0.00161. The van der Waals surface area contributed by atoms with Crippen LogP contribution in [0.3, 0.4) is 0 Å². The Bertz CT molecular complexity index is 1070. The molecule has 1 aromatic heterocycles. The molecule has 0 saturated carbocycles. The number of rotatable bonds is 12. The highest BCUT2D eigenvalue weighted by atomic mass is 19.1. The Morgan fingerprint density at radius 3 is 2.11 bits per heavy atom. The first-order valence-corrected chi connectivity index (χ1v) is 11.9. The third-order valence-electron chi connectivity index (χ3n) is 5.53. The van der Waals surface area contributed by atoms with Crippen molar-refractivity contribution in [1.82, 2.24) is 14.7 Å². The van der Waals surface area contributed by atoms with Crippen LogP contribution in [0.5, 0.6) is 11.6 Å². The standard InChI is InChI=1S/C27H35F2N3O3/c1-18(2)16-34-17-24(33)14-31(19(3)4)15-26-20(5)30-32(23-10-6-21(28)7-11-23)27(26)35-25-12-8-22(29)9-13-25/h6-13,18-19,24,33H,14-17H2,1-5H3. The number of benzene rings is 2. The molecule has 35 heavy (non-hydrogen) atoms. The van der Waals surface area contributed by atoms with Gasteiger partial charge >= 0.3 is 0 Å². The lowest BCUT2D eigenvalue weighted by Gasteiger charge is -2.29. The van der Waals surface area contributed by atoms with Gasteiger partial charge in [0.25, 0.3) is 0 Å². The zero-order valence-electron chi connectivity index (χ0n) is 21.0. The molecule has 0 aliphatic heterocycles. The van der Waals surface area contributed by atoms with Gasteiger partial charge in [0.2, 0.25) is 5.88 Å². The van der Waals surface area contributed by atoms with Crippen LogP contribution in [0.2, 0.25) is 0 Å². The lowest BCUT2D eigenvalue weighted by atomic mass is 10.2. The van der Waals surface area contributed by atoms with Crippen molar-refractivity contribution >= 4 is 0 Å². The second-order valence-electron chi connectivity index (χ2n) is 9.42. The van der Waals surface area contributed by atoms with Crippen LogP contribution in [0.15, 0.2) is 48.5 Å². The first kappa shape index (κ1) is 26.8. The zero-order valence-corrected chi connectivity index (χ0v) is 21.0. The molecule has 190 valence electrons. The summed E-state index contributed by atoms with van der Waals surface area (Å²) in [6.45, 7) is 11.9. The van der Waals surface area contributed by atoms with E-state index in [-0.39, 0.29) is 24.3 Å². The molecule has 0 fully saturated rings. The number of nitrogens with zero attached hydrogens (tertiary/aromatic N) is 3. The summed E-state index contributed by atoms with van der Waals surface area (Å²) in [4.78, 5) is 2.12. The molecular formula is C27H35F2N3O3. The van der Waals surface area contributed by atoms with Gasteiger partial charge < -0.3 is 14.6 Å². The van der Waals surface area contributed by atoms with E-state index in [4.69, 9.17) is 9.47 Å². The zero-order chi connectivity index (χ0) is 25.5. The fraction of sp³-hybridized carbons (Fsp3) is 0.444. The van der Waals surface area contributed by atoms with Crippen LogP contribution in [-0.2, 0) is 11.3 Å². The smallest absolute Gasteiger partial charge is 0.227 e. The van der Waals surface area contributed by atoms with E-state index in [1.807, 2.05) is 6.92 Å². The fourth-order valence-electron chi connectivity index (χ4n) is 3.62. The van der Waals surface area contributed by atoms with Crippen molar-refractivity contribution in [3.05, 3.63) is 71.4 Å². The van der Waals surface area contributed by atoms with E-state index < -0.39 is 6.10 Å². The van der Waals surface area contributed by atoms with Gasteiger partial charge in [-0.3, -0.25) is 4.90 Å². The normalized spacial score (nSPS) is 12.7. The molecular weight excluding hydrogens is 452 g/mol. The van der Waals surface area contributed by atoms with E-state index >= 15 is 0 Å². The van der Waals surface area contributed by atoms with Crippen LogP contribution < -0.4 is 4.74 Å². The average molecular weight is 488 g/mol. The summed E-state index contributed by atoms with van der Waals surface area (Å²) in [6.07, 6.45) is -0.648. The van der Waals surface area contributed by atoms with Crippen LogP contribution >= 0.6 is 0 Å². The van der Waals surface area contributed by atoms with Gasteiger partial charge in [0, 0.05) is 25.7 Å². The first-order valence-electron chi connectivity index (χ1n) is 11.9. The minimum atomic E-state index is -0.648. The van der Waals surface area contributed by atoms with Crippen molar-refractivity contribution in [1.29, 1.82) is 0 Å². The molecule has 3 aromatic rings. The van der Waals surface area contributed by atoms with Gasteiger partial charge in [0.05, 0.1) is 29.7 Å². The quantitative estimate of drug-likeness (QED) is 0.366. The monoisotopic (exact) mass is 487 g/mol. The number of ether oxygens (including phenoxy) is 2. The highest BCUT2D eigenvalue weighted by Crippen LogP contribution is 2.32. The highest BCUT2D eigenvalue weighted by molar-refractivity contribution is 5.43. The van der Waals surface area contributed by atoms with Gasteiger partial charge in [-0.1, -0.05) is 13.8 Å². The number of hydrogen-bond acceptors (Lipinski definition) is 5. The van der Waals surface area contributed by atoms with Crippen LogP contribution in [0.25, 0.3) is 5.69 Å². The van der Waals surface area contributed by atoms with Gasteiger partial charge in [0.1, 0.15) is 17.4 Å². The fourth-order valence-corrected chi connectivity index (χ4v) is 3.62. The van der Waals surface area contributed by atoms with E-state index in [0.717, 1.165) is 11.3 Å². The number of aliphatic hydroxyl groups excluding tert-OH is 1. The number of aromatic nitrogens is 2. The second kappa shape index (κ2) is 12.2. The third-order valence-corrected chi connectivity index (χ3v) is 5.53. The van der Waals surface area contributed by atoms with Crippen molar-refractivity contribution < 1.29 is 23.4 Å². The molecule has 0 bridgehead atoms. The molecule has 3 rings (SSSR count). The minimum absolute atomic E-state index is 0.127. The maximum atomic E-state index is 13.6. The van der Waals surface area contributed by atoms with E-state index in [0.29, 0.717) is 42.9 Å². The van der Waals surface area contributed by atoms with E-state index in [1.54, 1.807) is 28.9 Å². The molecule has 6 nitrogen and oxygen atoms in total. The summed E-state index contributed by atoms with van der Waals surface area (Å²) >= 11 is 0. The van der Waals surface area contributed by atoms with Crippen molar-refractivity contribution in [3.8, 4) is 17.3 Å². The molecule has 0 aliphatic rings. The van der Waals surface area contributed by atoms with Crippen LogP contribution in [-0.4, -0.2) is 51.7 Å². The number of hydrogen-bond donors (Lipinski definition) is 1. The number of aliphatic hydroxyl groups is 1. The van der Waals surface area contributed by atoms with Crippen LogP contribution in [0.4, 0.5) is 8.78 Å². The van der Waals surface area contributed by atoms with Gasteiger partial charge in [-0.15, -0.1) is 0 Å². The summed E-state index contributed by atoms with van der Waals surface area (Å²) in [7, 11) is 0. The molecule has 1 N–H and O–H groups in total. The summed E-state index contributed by atoms with van der Waals surface area (Å²) in [6, 6.07) is 11.9. The Hall–Kier alpha value is -2.81. The third kappa shape index (κ3) is 7.59. The van der Waals surface area contributed by atoms with E-state index in [1.165, 1.54) is 24.3 Å². The Kier molecular flexibility index (Phi) is 9.37.